The van der Waals surface area contributed by atoms with Crippen molar-refractivity contribution in [1.82, 2.24) is 0 Å². The van der Waals surface area contributed by atoms with E-state index in [1.165, 1.54) is 20.2 Å². The summed E-state index contributed by atoms with van der Waals surface area (Å²) in [5.74, 6) is -0.780. The Hall–Kier alpha value is -1.81. The summed E-state index contributed by atoms with van der Waals surface area (Å²) in [7, 11) is 1.24. The molecule has 1 N–H and O–H groups in total. The summed E-state index contributed by atoms with van der Waals surface area (Å²) in [6.07, 6.45) is 1.25. The molecule has 0 aliphatic carbocycles. The molecule has 0 saturated heterocycles. The number of halogens is 1. The minimum atomic E-state index is -0.636. The van der Waals surface area contributed by atoms with Crippen molar-refractivity contribution in [2.75, 3.05) is 7.11 Å². The van der Waals surface area contributed by atoms with Gasteiger partial charge in [0.05, 0.1) is 12.8 Å². The first-order chi connectivity index (χ1) is 8.04. The standard InChI is InChI=1S/C12H12ClNO3/c1-8(15)11(12(16)17-2)7-14-10-5-3-9(13)4-6-10/h3-7,15H,1-2H3/b11-8+,14-7?. The van der Waals surface area contributed by atoms with Crippen LogP contribution in [0.5, 0.6) is 0 Å². The number of carbonyl (C=O) groups is 1. The lowest BCUT2D eigenvalue weighted by atomic mass is 10.2. The van der Waals surface area contributed by atoms with E-state index in [-0.39, 0.29) is 11.3 Å². The van der Waals surface area contributed by atoms with Gasteiger partial charge in [0.15, 0.2) is 0 Å². The lowest BCUT2D eigenvalue weighted by molar-refractivity contribution is -0.135. The Labute approximate surface area is 104 Å². The molecule has 0 radical (unpaired) electrons. The Morgan fingerprint density at radius 3 is 2.47 bits per heavy atom. The molecule has 0 amide bonds. The molecule has 5 heteroatoms. The number of esters is 1. The van der Waals surface area contributed by atoms with Crippen molar-refractivity contribution in [3.63, 3.8) is 0 Å². The maximum atomic E-state index is 11.3. The van der Waals surface area contributed by atoms with Gasteiger partial charge in [-0.1, -0.05) is 11.6 Å². The third kappa shape index (κ3) is 3.92. The van der Waals surface area contributed by atoms with Gasteiger partial charge in [0.2, 0.25) is 0 Å². The van der Waals surface area contributed by atoms with Gasteiger partial charge in [0.1, 0.15) is 11.3 Å². The fraction of sp³-hybridized carbons (Fsp3) is 0.167. The van der Waals surface area contributed by atoms with Gasteiger partial charge in [-0.25, -0.2) is 4.79 Å². The number of benzene rings is 1. The summed E-state index contributed by atoms with van der Waals surface area (Å²) in [4.78, 5) is 15.3. The van der Waals surface area contributed by atoms with Crippen LogP contribution in [-0.4, -0.2) is 24.4 Å². The van der Waals surface area contributed by atoms with E-state index in [1.54, 1.807) is 24.3 Å². The molecule has 1 aromatic carbocycles. The number of rotatable bonds is 3. The minimum absolute atomic E-state index is 0.0162. The van der Waals surface area contributed by atoms with Crippen molar-refractivity contribution in [1.29, 1.82) is 0 Å². The first-order valence-corrected chi connectivity index (χ1v) is 5.20. The number of aliphatic hydroxyl groups excluding tert-OH is 1. The van der Waals surface area contributed by atoms with Crippen molar-refractivity contribution in [3.05, 3.63) is 40.6 Å². The third-order valence-corrected chi connectivity index (χ3v) is 2.22. The second kappa shape index (κ2) is 6.06. The van der Waals surface area contributed by atoms with Crippen LogP contribution in [-0.2, 0) is 9.53 Å². The Balaban J connectivity index is 2.92. The highest BCUT2D eigenvalue weighted by Gasteiger charge is 2.10. The lowest BCUT2D eigenvalue weighted by Gasteiger charge is -2.00. The molecule has 0 aromatic heterocycles. The maximum Gasteiger partial charge on any atom is 0.342 e. The predicted molar refractivity (Wildman–Crippen MR) is 66.9 cm³/mol. The average Bonchev–Trinajstić information content (AvgIpc) is 2.31. The summed E-state index contributed by atoms with van der Waals surface area (Å²) in [6.45, 7) is 1.39. The van der Waals surface area contributed by atoms with Crippen LogP contribution in [0.25, 0.3) is 0 Å². The van der Waals surface area contributed by atoms with Crippen LogP contribution in [0.1, 0.15) is 6.92 Å². The van der Waals surface area contributed by atoms with E-state index >= 15 is 0 Å². The molecule has 0 bridgehead atoms. The van der Waals surface area contributed by atoms with E-state index < -0.39 is 5.97 Å². The molecule has 0 aliphatic heterocycles. The van der Waals surface area contributed by atoms with E-state index in [4.69, 9.17) is 11.6 Å². The van der Waals surface area contributed by atoms with Gasteiger partial charge in [-0.2, -0.15) is 0 Å². The monoisotopic (exact) mass is 253 g/mol. The molecule has 0 saturated carbocycles. The molecule has 17 heavy (non-hydrogen) atoms. The highest BCUT2D eigenvalue weighted by molar-refractivity contribution is 6.30. The number of hydrogen-bond acceptors (Lipinski definition) is 4. The molecule has 0 heterocycles. The molecule has 0 spiro atoms. The van der Waals surface area contributed by atoms with Gasteiger partial charge >= 0.3 is 5.97 Å². The molecule has 0 fully saturated rings. The first kappa shape index (κ1) is 13.3. The van der Waals surface area contributed by atoms with E-state index in [9.17, 15) is 9.90 Å². The zero-order valence-corrected chi connectivity index (χ0v) is 10.2. The highest BCUT2D eigenvalue weighted by atomic mass is 35.5. The number of aliphatic imine (C=N–C) groups is 1. The Morgan fingerprint density at radius 2 is 2.00 bits per heavy atom. The maximum absolute atomic E-state index is 11.3. The molecule has 0 unspecified atom stereocenters. The second-order valence-electron chi connectivity index (χ2n) is 3.23. The van der Waals surface area contributed by atoms with Gasteiger partial charge in [0, 0.05) is 11.2 Å². The van der Waals surface area contributed by atoms with Gasteiger partial charge < -0.3 is 9.84 Å². The van der Waals surface area contributed by atoms with E-state index in [1.807, 2.05) is 0 Å². The lowest BCUT2D eigenvalue weighted by Crippen LogP contribution is -2.08. The molecule has 0 atom stereocenters. The second-order valence-corrected chi connectivity index (χ2v) is 3.66. The molecule has 1 rings (SSSR count). The van der Waals surface area contributed by atoms with Crippen molar-refractivity contribution >= 4 is 29.5 Å². The predicted octanol–water partition coefficient (Wildman–Crippen LogP) is 3.05. The number of allylic oxidation sites excluding steroid dienone is 1. The largest absolute Gasteiger partial charge is 0.512 e. The first-order valence-electron chi connectivity index (χ1n) is 4.82. The summed E-state index contributed by atoms with van der Waals surface area (Å²) in [6, 6.07) is 6.75. The van der Waals surface area contributed by atoms with Crippen LogP contribution < -0.4 is 0 Å². The summed E-state index contributed by atoms with van der Waals surface area (Å²) >= 11 is 5.72. The topological polar surface area (TPSA) is 58.9 Å². The van der Waals surface area contributed by atoms with E-state index in [0.717, 1.165) is 0 Å². The SMILES string of the molecule is COC(=O)/C(C=Nc1ccc(Cl)cc1)=C(\C)O. The van der Waals surface area contributed by atoms with Crippen molar-refractivity contribution < 1.29 is 14.6 Å². The smallest absolute Gasteiger partial charge is 0.342 e. The Kier molecular flexibility index (Phi) is 4.72. The van der Waals surface area contributed by atoms with Crippen LogP contribution in [0.3, 0.4) is 0 Å². The zero-order chi connectivity index (χ0) is 12.8. The van der Waals surface area contributed by atoms with E-state index in [0.29, 0.717) is 10.7 Å². The summed E-state index contributed by atoms with van der Waals surface area (Å²) < 4.78 is 4.51. The van der Waals surface area contributed by atoms with Crippen molar-refractivity contribution in [2.24, 2.45) is 4.99 Å². The number of aliphatic hydroxyl groups is 1. The number of hydrogen-bond donors (Lipinski definition) is 1. The van der Waals surface area contributed by atoms with Crippen LogP contribution in [0, 0.1) is 0 Å². The van der Waals surface area contributed by atoms with Crippen LogP contribution in [0.4, 0.5) is 5.69 Å². The molecular formula is C12H12ClNO3. The summed E-state index contributed by atoms with van der Waals surface area (Å²) in [5, 5.41) is 9.91. The minimum Gasteiger partial charge on any atom is -0.512 e. The van der Waals surface area contributed by atoms with Crippen LogP contribution in [0.15, 0.2) is 40.6 Å². The van der Waals surface area contributed by atoms with Gasteiger partial charge in [-0.15, -0.1) is 0 Å². The van der Waals surface area contributed by atoms with Crippen LogP contribution >= 0.6 is 11.6 Å². The van der Waals surface area contributed by atoms with Crippen molar-refractivity contribution in [3.8, 4) is 0 Å². The highest BCUT2D eigenvalue weighted by Crippen LogP contribution is 2.16. The average molecular weight is 254 g/mol. The molecule has 1 aromatic rings. The molecule has 90 valence electrons. The van der Waals surface area contributed by atoms with Crippen LogP contribution in [0.2, 0.25) is 5.02 Å². The molecule has 4 nitrogen and oxygen atoms in total. The van der Waals surface area contributed by atoms with Gasteiger partial charge in [-0.05, 0) is 31.2 Å². The number of nitrogens with zero attached hydrogens (tertiary/aromatic N) is 1. The molecule has 0 aliphatic rings. The number of methoxy groups -OCH3 is 1. The Bertz CT molecular complexity index is 459. The zero-order valence-electron chi connectivity index (χ0n) is 9.48. The normalized spacial score (nSPS) is 12.4. The van der Waals surface area contributed by atoms with Gasteiger partial charge in [-0.3, -0.25) is 4.99 Å². The third-order valence-electron chi connectivity index (χ3n) is 1.96. The molecular weight excluding hydrogens is 242 g/mol. The quantitative estimate of drug-likeness (QED) is 0.390. The number of ether oxygens (including phenoxy) is 1. The fourth-order valence-corrected chi connectivity index (χ4v) is 1.20. The number of carbonyl (C=O) groups excluding carboxylic acids is 1. The van der Waals surface area contributed by atoms with Crippen molar-refractivity contribution in [2.45, 2.75) is 6.92 Å². The Morgan fingerprint density at radius 1 is 1.41 bits per heavy atom. The van der Waals surface area contributed by atoms with Gasteiger partial charge in [0.25, 0.3) is 0 Å². The fourth-order valence-electron chi connectivity index (χ4n) is 1.07. The van der Waals surface area contributed by atoms with E-state index in [2.05, 4.69) is 9.73 Å². The summed E-state index contributed by atoms with van der Waals surface area (Å²) in [5.41, 5.74) is 0.638.